The largest absolute Gasteiger partial charge is 0.341 e. The summed E-state index contributed by atoms with van der Waals surface area (Å²) < 4.78 is 1.05. The van der Waals surface area contributed by atoms with E-state index >= 15 is 0 Å². The number of rotatable bonds is 4. The van der Waals surface area contributed by atoms with Crippen LogP contribution < -0.4 is 5.32 Å². The van der Waals surface area contributed by atoms with Crippen molar-refractivity contribution >= 4 is 38.6 Å². The maximum absolute atomic E-state index is 12.6. The number of aromatic amines is 1. The van der Waals surface area contributed by atoms with E-state index in [1.54, 1.807) is 0 Å². The average molecular weight is 427 g/mol. The first-order chi connectivity index (χ1) is 13.1. The molecule has 140 valence electrons. The van der Waals surface area contributed by atoms with Crippen LogP contribution in [0.2, 0.25) is 0 Å². The van der Waals surface area contributed by atoms with Gasteiger partial charge in [-0.1, -0.05) is 28.1 Å². The third-order valence-corrected chi connectivity index (χ3v) is 6.09. The van der Waals surface area contributed by atoms with Crippen molar-refractivity contribution in [3.63, 3.8) is 0 Å². The van der Waals surface area contributed by atoms with Crippen LogP contribution in [-0.2, 0) is 11.3 Å². The number of carbonyl (C=O) groups is 1. The van der Waals surface area contributed by atoms with Crippen LogP contribution in [0.5, 0.6) is 0 Å². The minimum atomic E-state index is 0.0703. The highest BCUT2D eigenvalue weighted by Gasteiger charge is 2.25. The lowest BCUT2D eigenvalue weighted by molar-refractivity contribution is -0.121. The van der Waals surface area contributed by atoms with Crippen LogP contribution >= 0.6 is 15.9 Å². The number of piperidine rings is 1. The molecule has 1 aliphatic rings. The Balaban J connectivity index is 1.31. The molecule has 5 nitrogen and oxygen atoms in total. The molecule has 2 N–H and O–H groups in total. The van der Waals surface area contributed by atoms with Crippen LogP contribution in [0.25, 0.3) is 11.0 Å². The molecular weight excluding hydrogens is 404 g/mol. The number of amides is 1. The molecule has 2 heterocycles. The van der Waals surface area contributed by atoms with Gasteiger partial charge in [-0.15, -0.1) is 0 Å². The summed E-state index contributed by atoms with van der Waals surface area (Å²) in [7, 11) is 0. The van der Waals surface area contributed by atoms with Crippen LogP contribution in [0.15, 0.2) is 46.9 Å². The second-order valence-corrected chi connectivity index (χ2v) is 8.06. The van der Waals surface area contributed by atoms with Crippen molar-refractivity contribution in [2.24, 2.45) is 5.92 Å². The second-order valence-electron chi connectivity index (χ2n) is 7.20. The average Bonchev–Trinajstić information content (AvgIpc) is 3.07. The van der Waals surface area contributed by atoms with Gasteiger partial charge in [0.15, 0.2) is 0 Å². The molecule has 0 saturated carbocycles. The Morgan fingerprint density at radius 3 is 2.78 bits per heavy atom. The van der Waals surface area contributed by atoms with Gasteiger partial charge in [-0.05, 0) is 68.8 Å². The molecule has 2 aromatic carbocycles. The molecule has 4 rings (SSSR count). The number of nitrogens with zero attached hydrogens (tertiary/aromatic N) is 2. The lowest BCUT2D eigenvalue weighted by Gasteiger charge is -2.30. The van der Waals surface area contributed by atoms with Crippen molar-refractivity contribution < 1.29 is 4.79 Å². The predicted octanol–water partition coefficient (Wildman–Crippen LogP) is 4.48. The smallest absolute Gasteiger partial charge is 0.227 e. The Morgan fingerprint density at radius 2 is 2.04 bits per heavy atom. The number of hydrogen-bond donors (Lipinski definition) is 2. The molecule has 0 spiro atoms. The van der Waals surface area contributed by atoms with Crippen molar-refractivity contribution in [3.8, 4) is 0 Å². The van der Waals surface area contributed by atoms with Gasteiger partial charge in [0, 0.05) is 16.1 Å². The fraction of sp³-hybridized carbons (Fsp3) is 0.333. The topological polar surface area (TPSA) is 61.0 Å². The van der Waals surface area contributed by atoms with Gasteiger partial charge in [0.05, 0.1) is 17.6 Å². The van der Waals surface area contributed by atoms with Crippen LogP contribution in [0.3, 0.4) is 0 Å². The number of aromatic nitrogens is 2. The SMILES string of the molecule is Cc1cc(NC(=O)C2CCN(Cc3nc4ccccc4[nH]3)CC2)ccc1Br. The first-order valence-electron chi connectivity index (χ1n) is 9.31. The maximum Gasteiger partial charge on any atom is 0.227 e. The number of aryl methyl sites for hydroxylation is 1. The molecule has 3 aromatic rings. The lowest BCUT2D eigenvalue weighted by Crippen LogP contribution is -2.38. The quantitative estimate of drug-likeness (QED) is 0.645. The minimum absolute atomic E-state index is 0.0703. The summed E-state index contributed by atoms with van der Waals surface area (Å²) in [5.74, 6) is 1.19. The number of carbonyl (C=O) groups excluding carboxylic acids is 1. The molecular formula is C21H23BrN4O. The zero-order valence-electron chi connectivity index (χ0n) is 15.3. The second kappa shape index (κ2) is 7.82. The minimum Gasteiger partial charge on any atom is -0.341 e. The Bertz CT molecular complexity index is 927. The molecule has 27 heavy (non-hydrogen) atoms. The van der Waals surface area contributed by atoms with Crippen molar-refractivity contribution in [1.29, 1.82) is 0 Å². The van der Waals surface area contributed by atoms with E-state index in [2.05, 4.69) is 36.1 Å². The van der Waals surface area contributed by atoms with Gasteiger partial charge in [-0.2, -0.15) is 0 Å². The number of nitrogens with one attached hydrogen (secondary N) is 2. The summed E-state index contributed by atoms with van der Waals surface area (Å²) in [5, 5.41) is 3.07. The number of fused-ring (bicyclic) bond motifs is 1. The summed E-state index contributed by atoms with van der Waals surface area (Å²) in [5.41, 5.74) is 4.07. The standard InChI is InChI=1S/C21H23BrN4O/c1-14-12-16(6-7-17(14)22)23-21(27)15-8-10-26(11-9-15)13-20-24-18-4-2-3-5-19(18)25-20/h2-7,12,15H,8-11,13H2,1H3,(H,23,27)(H,24,25). The number of anilines is 1. The van der Waals surface area contributed by atoms with Gasteiger partial charge in [0.25, 0.3) is 0 Å². The van der Waals surface area contributed by atoms with Crippen LogP contribution in [0.4, 0.5) is 5.69 Å². The molecule has 0 bridgehead atoms. The van der Waals surface area contributed by atoms with E-state index in [9.17, 15) is 4.79 Å². The summed E-state index contributed by atoms with van der Waals surface area (Å²) in [4.78, 5) is 23.0. The molecule has 6 heteroatoms. The molecule has 0 radical (unpaired) electrons. The summed E-state index contributed by atoms with van der Waals surface area (Å²) in [6.45, 7) is 4.65. The molecule has 0 aliphatic carbocycles. The van der Waals surface area contributed by atoms with E-state index in [0.29, 0.717) is 0 Å². The van der Waals surface area contributed by atoms with Crippen molar-refractivity contribution in [2.45, 2.75) is 26.3 Å². The van der Waals surface area contributed by atoms with Gasteiger partial charge in [-0.25, -0.2) is 4.98 Å². The lowest BCUT2D eigenvalue weighted by atomic mass is 9.95. The van der Waals surface area contributed by atoms with Gasteiger partial charge in [-0.3, -0.25) is 9.69 Å². The van der Waals surface area contributed by atoms with Crippen LogP contribution in [-0.4, -0.2) is 33.9 Å². The monoisotopic (exact) mass is 426 g/mol. The number of benzene rings is 2. The van der Waals surface area contributed by atoms with Gasteiger partial charge in [0.2, 0.25) is 5.91 Å². The molecule has 0 atom stereocenters. The molecule has 1 aliphatic heterocycles. The highest BCUT2D eigenvalue weighted by Crippen LogP contribution is 2.23. The fourth-order valence-electron chi connectivity index (χ4n) is 3.61. The first-order valence-corrected chi connectivity index (χ1v) is 10.1. The number of para-hydroxylation sites is 2. The third kappa shape index (κ3) is 4.22. The maximum atomic E-state index is 12.6. The van der Waals surface area contributed by atoms with E-state index in [1.807, 2.05) is 49.4 Å². The number of likely N-dealkylation sites (tertiary alicyclic amines) is 1. The summed E-state index contributed by atoms with van der Waals surface area (Å²) >= 11 is 3.49. The molecule has 1 fully saturated rings. The van der Waals surface area contributed by atoms with E-state index in [0.717, 1.165) is 65.1 Å². The highest BCUT2D eigenvalue weighted by molar-refractivity contribution is 9.10. The van der Waals surface area contributed by atoms with Crippen molar-refractivity contribution in [3.05, 3.63) is 58.3 Å². The predicted molar refractivity (Wildman–Crippen MR) is 112 cm³/mol. The highest BCUT2D eigenvalue weighted by atomic mass is 79.9. The van der Waals surface area contributed by atoms with Gasteiger partial charge in [0.1, 0.15) is 5.82 Å². The van der Waals surface area contributed by atoms with E-state index in [4.69, 9.17) is 0 Å². The molecule has 1 amide bonds. The molecule has 1 saturated heterocycles. The van der Waals surface area contributed by atoms with Crippen LogP contribution in [0.1, 0.15) is 24.2 Å². The fourth-order valence-corrected chi connectivity index (χ4v) is 3.86. The first kappa shape index (κ1) is 18.2. The zero-order chi connectivity index (χ0) is 18.8. The summed E-state index contributed by atoms with van der Waals surface area (Å²) in [6.07, 6.45) is 1.75. The number of hydrogen-bond acceptors (Lipinski definition) is 3. The molecule has 1 aromatic heterocycles. The molecule has 0 unspecified atom stereocenters. The van der Waals surface area contributed by atoms with Crippen molar-refractivity contribution in [1.82, 2.24) is 14.9 Å². The van der Waals surface area contributed by atoms with Crippen molar-refractivity contribution in [2.75, 3.05) is 18.4 Å². The Kier molecular flexibility index (Phi) is 5.27. The zero-order valence-corrected chi connectivity index (χ0v) is 16.9. The number of imidazole rings is 1. The number of halogens is 1. The van der Waals surface area contributed by atoms with Gasteiger partial charge >= 0.3 is 0 Å². The van der Waals surface area contributed by atoms with E-state index in [1.165, 1.54) is 0 Å². The van der Waals surface area contributed by atoms with E-state index < -0.39 is 0 Å². The normalized spacial score (nSPS) is 15.9. The Hall–Kier alpha value is -2.18. The van der Waals surface area contributed by atoms with Gasteiger partial charge < -0.3 is 10.3 Å². The number of H-pyrrole nitrogens is 1. The Morgan fingerprint density at radius 1 is 1.26 bits per heavy atom. The van der Waals surface area contributed by atoms with E-state index in [-0.39, 0.29) is 11.8 Å². The third-order valence-electron chi connectivity index (χ3n) is 5.20. The summed E-state index contributed by atoms with van der Waals surface area (Å²) in [6, 6.07) is 14.0. The van der Waals surface area contributed by atoms with Crippen LogP contribution in [0, 0.1) is 12.8 Å². The Labute approximate surface area is 167 Å².